The number of thiazole rings is 1. The summed E-state index contributed by atoms with van der Waals surface area (Å²) in [5.41, 5.74) is 2.77. The number of aryl methyl sites for hydroxylation is 1. The van der Waals surface area contributed by atoms with E-state index in [0.29, 0.717) is 0 Å². The smallest absolute Gasteiger partial charge is 0.269 e. The quantitative estimate of drug-likeness (QED) is 0.173. The van der Waals surface area contributed by atoms with E-state index in [1.165, 1.54) is 12.1 Å². The van der Waals surface area contributed by atoms with E-state index < -0.39 is 0 Å². The summed E-state index contributed by atoms with van der Waals surface area (Å²) in [7, 11) is 0. The summed E-state index contributed by atoms with van der Waals surface area (Å²) in [4.78, 5) is 20.5. The standard InChI is InChI=1S/C27H23N5O3S/c33-32(34)23-11-7-21(8-12-23)26-19-36-27(31(26)17-4-16-30-18-15-28-20-30)29-22-9-13-25(14-10-22)35-24-5-2-1-3-6-24/h1-3,5-15,18-20H,4,16-17H2. The third-order valence-corrected chi connectivity index (χ3v) is 6.43. The van der Waals surface area contributed by atoms with Gasteiger partial charge in [0.2, 0.25) is 0 Å². The molecule has 8 nitrogen and oxygen atoms in total. The highest BCUT2D eigenvalue weighted by molar-refractivity contribution is 7.07. The van der Waals surface area contributed by atoms with Crippen molar-refractivity contribution in [3.05, 3.63) is 118 Å². The summed E-state index contributed by atoms with van der Waals surface area (Å²) < 4.78 is 10.1. The fourth-order valence-electron chi connectivity index (χ4n) is 3.77. The molecule has 0 saturated carbocycles. The minimum absolute atomic E-state index is 0.0726. The Kier molecular flexibility index (Phi) is 7.00. The van der Waals surface area contributed by atoms with Gasteiger partial charge in [0.25, 0.3) is 5.69 Å². The van der Waals surface area contributed by atoms with E-state index in [0.717, 1.165) is 52.8 Å². The fraction of sp³-hybridized carbons (Fsp3) is 0.111. The Labute approximate surface area is 211 Å². The topological polar surface area (TPSA) is 87.5 Å². The first-order valence-corrected chi connectivity index (χ1v) is 12.3. The Bertz CT molecular complexity index is 1490. The highest BCUT2D eigenvalue weighted by Crippen LogP contribution is 2.26. The van der Waals surface area contributed by atoms with Crippen LogP contribution < -0.4 is 9.54 Å². The first-order chi connectivity index (χ1) is 17.7. The minimum Gasteiger partial charge on any atom is -0.457 e. The van der Waals surface area contributed by atoms with Gasteiger partial charge in [0.1, 0.15) is 11.5 Å². The van der Waals surface area contributed by atoms with Crippen molar-refractivity contribution in [2.75, 3.05) is 0 Å². The number of hydrogen-bond donors (Lipinski definition) is 0. The Hall–Kier alpha value is -4.50. The molecule has 0 N–H and O–H groups in total. The number of non-ortho nitro benzene ring substituents is 1. The van der Waals surface area contributed by atoms with E-state index in [4.69, 9.17) is 9.73 Å². The molecule has 180 valence electrons. The molecule has 0 amide bonds. The van der Waals surface area contributed by atoms with E-state index in [9.17, 15) is 10.1 Å². The van der Waals surface area contributed by atoms with Gasteiger partial charge in [0.05, 0.1) is 22.6 Å². The van der Waals surface area contributed by atoms with Crippen LogP contribution in [0.4, 0.5) is 11.4 Å². The molecule has 2 heterocycles. The van der Waals surface area contributed by atoms with Crippen molar-refractivity contribution in [1.29, 1.82) is 0 Å². The predicted octanol–water partition coefficient (Wildman–Crippen LogP) is 6.44. The molecule has 2 aromatic heterocycles. The molecule has 0 radical (unpaired) electrons. The second kappa shape index (κ2) is 10.8. The molecule has 0 aliphatic heterocycles. The summed E-state index contributed by atoms with van der Waals surface area (Å²) in [5.74, 6) is 1.52. The van der Waals surface area contributed by atoms with Crippen LogP contribution in [-0.2, 0) is 13.1 Å². The SMILES string of the molecule is O=[N+]([O-])c1ccc(-c2csc(=Nc3ccc(Oc4ccccc4)cc3)n2CCCn2ccnc2)cc1. The van der Waals surface area contributed by atoms with Crippen molar-refractivity contribution in [1.82, 2.24) is 14.1 Å². The van der Waals surface area contributed by atoms with Gasteiger partial charge in [-0.1, -0.05) is 18.2 Å². The second-order valence-corrected chi connectivity index (χ2v) is 8.87. The van der Waals surface area contributed by atoms with E-state index in [-0.39, 0.29) is 10.6 Å². The molecule has 0 saturated heterocycles. The minimum atomic E-state index is -0.386. The van der Waals surface area contributed by atoms with Gasteiger partial charge in [0.15, 0.2) is 4.80 Å². The first-order valence-electron chi connectivity index (χ1n) is 11.4. The second-order valence-electron chi connectivity index (χ2n) is 8.03. The van der Waals surface area contributed by atoms with Crippen molar-refractivity contribution in [2.45, 2.75) is 19.5 Å². The number of hydrogen-bond acceptors (Lipinski definition) is 6. The molecule has 3 aromatic carbocycles. The lowest BCUT2D eigenvalue weighted by Crippen LogP contribution is -2.17. The van der Waals surface area contributed by atoms with Gasteiger partial charge < -0.3 is 13.9 Å². The number of imidazole rings is 1. The van der Waals surface area contributed by atoms with Crippen LogP contribution in [0.25, 0.3) is 11.3 Å². The van der Waals surface area contributed by atoms with E-state index in [1.54, 1.807) is 36.0 Å². The number of nitro benzene ring substituents is 1. The molecule has 0 fully saturated rings. The lowest BCUT2D eigenvalue weighted by molar-refractivity contribution is -0.384. The van der Waals surface area contributed by atoms with Crippen molar-refractivity contribution < 1.29 is 9.66 Å². The van der Waals surface area contributed by atoms with Gasteiger partial charge in [-0.3, -0.25) is 10.1 Å². The van der Waals surface area contributed by atoms with Gasteiger partial charge in [-0.05, 0) is 60.5 Å². The van der Waals surface area contributed by atoms with E-state index in [1.807, 2.05) is 70.7 Å². The van der Waals surface area contributed by atoms with E-state index >= 15 is 0 Å². The van der Waals surface area contributed by atoms with Crippen molar-refractivity contribution in [2.24, 2.45) is 4.99 Å². The van der Waals surface area contributed by atoms with Gasteiger partial charge in [0, 0.05) is 43.0 Å². The third kappa shape index (κ3) is 5.59. The number of nitro groups is 1. The largest absolute Gasteiger partial charge is 0.457 e. The van der Waals surface area contributed by atoms with E-state index in [2.05, 4.69) is 9.55 Å². The summed E-state index contributed by atoms with van der Waals surface area (Å²) in [6.45, 7) is 1.57. The van der Waals surface area contributed by atoms with Gasteiger partial charge in [-0.25, -0.2) is 9.98 Å². The number of nitrogens with zero attached hydrogens (tertiary/aromatic N) is 5. The maximum atomic E-state index is 11.1. The van der Waals surface area contributed by atoms with Crippen LogP contribution >= 0.6 is 11.3 Å². The molecule has 9 heteroatoms. The third-order valence-electron chi connectivity index (χ3n) is 5.57. The van der Waals surface area contributed by atoms with Crippen LogP contribution in [0.15, 0.2) is 108 Å². The molecular weight excluding hydrogens is 474 g/mol. The molecular formula is C27H23N5O3S. The van der Waals surface area contributed by atoms with Crippen LogP contribution in [0.1, 0.15) is 6.42 Å². The highest BCUT2D eigenvalue weighted by Gasteiger charge is 2.11. The van der Waals surface area contributed by atoms with Gasteiger partial charge in [-0.2, -0.15) is 0 Å². The molecule has 0 spiro atoms. The lowest BCUT2D eigenvalue weighted by atomic mass is 10.1. The Balaban J connectivity index is 1.42. The van der Waals surface area contributed by atoms with Crippen LogP contribution in [0, 0.1) is 10.1 Å². The van der Waals surface area contributed by atoms with Crippen molar-refractivity contribution in [3.8, 4) is 22.8 Å². The Morgan fingerprint density at radius 3 is 2.39 bits per heavy atom. The summed E-state index contributed by atoms with van der Waals surface area (Å²) in [6.07, 6.45) is 6.40. The molecule has 0 atom stereocenters. The van der Waals surface area contributed by atoms with Crippen molar-refractivity contribution in [3.63, 3.8) is 0 Å². The number of aromatic nitrogens is 3. The maximum Gasteiger partial charge on any atom is 0.269 e. The maximum absolute atomic E-state index is 11.1. The molecule has 36 heavy (non-hydrogen) atoms. The molecule has 0 bridgehead atoms. The number of benzene rings is 3. The number of ether oxygens (including phenoxy) is 1. The van der Waals surface area contributed by atoms with Gasteiger partial charge >= 0.3 is 0 Å². The highest BCUT2D eigenvalue weighted by atomic mass is 32.1. The summed E-state index contributed by atoms with van der Waals surface area (Å²) >= 11 is 1.54. The van der Waals surface area contributed by atoms with Crippen LogP contribution in [-0.4, -0.2) is 19.0 Å². The zero-order valence-electron chi connectivity index (χ0n) is 19.3. The Morgan fingerprint density at radius 2 is 1.69 bits per heavy atom. The van der Waals surface area contributed by atoms with Crippen LogP contribution in [0.3, 0.4) is 0 Å². The first kappa shape index (κ1) is 23.3. The molecule has 0 aliphatic rings. The Morgan fingerprint density at radius 1 is 0.944 bits per heavy atom. The molecule has 5 rings (SSSR count). The molecule has 5 aromatic rings. The summed E-state index contributed by atoms with van der Waals surface area (Å²) in [6, 6.07) is 23.9. The zero-order valence-corrected chi connectivity index (χ0v) is 20.1. The zero-order chi connectivity index (χ0) is 24.7. The number of rotatable bonds is 9. The average Bonchev–Trinajstić information content (AvgIpc) is 3.56. The van der Waals surface area contributed by atoms with Gasteiger partial charge in [-0.15, -0.1) is 11.3 Å². The summed E-state index contributed by atoms with van der Waals surface area (Å²) in [5, 5.41) is 13.1. The molecule has 0 aliphatic carbocycles. The van der Waals surface area contributed by atoms with Crippen LogP contribution in [0.2, 0.25) is 0 Å². The molecule has 0 unspecified atom stereocenters. The number of para-hydroxylation sites is 1. The fourth-order valence-corrected chi connectivity index (χ4v) is 4.73. The van der Waals surface area contributed by atoms with Crippen LogP contribution in [0.5, 0.6) is 11.5 Å². The lowest BCUT2D eigenvalue weighted by Gasteiger charge is -2.10. The predicted molar refractivity (Wildman–Crippen MR) is 139 cm³/mol. The normalized spacial score (nSPS) is 11.5. The average molecular weight is 498 g/mol. The van der Waals surface area contributed by atoms with Crippen molar-refractivity contribution >= 4 is 22.7 Å². The monoisotopic (exact) mass is 497 g/mol.